The molecule has 12 heteroatoms. The highest BCUT2D eigenvalue weighted by Gasteiger charge is 2.50. The van der Waals surface area contributed by atoms with Crippen molar-refractivity contribution in [2.75, 3.05) is 5.73 Å². The standard InChI is InChI=1S/C9H15N4O7P/c10-3-1-2-13(9(16)12-3)8-5(15)4(14)6(20-8)7(11)21(17,18)19/h1-2,4-8,14-15H,11H2,(H2,10,12,16)(H2,17,18,19)/t4-,5-,6-,7+,8+/m0/s1. The van der Waals surface area contributed by atoms with E-state index in [9.17, 15) is 19.6 Å². The molecule has 11 nitrogen and oxygen atoms in total. The van der Waals surface area contributed by atoms with Crippen LogP contribution >= 0.6 is 7.60 Å². The molecule has 0 amide bonds. The molecule has 0 aliphatic carbocycles. The lowest BCUT2D eigenvalue weighted by Crippen LogP contribution is -2.43. The van der Waals surface area contributed by atoms with E-state index in [1.165, 1.54) is 12.3 Å². The van der Waals surface area contributed by atoms with Crippen molar-refractivity contribution >= 4 is 13.4 Å². The molecular weight excluding hydrogens is 307 g/mol. The number of nitrogens with two attached hydrogens (primary N) is 2. The zero-order chi connectivity index (χ0) is 15.9. The van der Waals surface area contributed by atoms with Gasteiger partial charge in [-0.15, -0.1) is 0 Å². The van der Waals surface area contributed by atoms with Crippen molar-refractivity contribution in [3.63, 3.8) is 0 Å². The Bertz CT molecular complexity index is 631. The van der Waals surface area contributed by atoms with Crippen LogP contribution in [0.5, 0.6) is 0 Å². The van der Waals surface area contributed by atoms with Gasteiger partial charge in [-0.25, -0.2) is 4.79 Å². The fourth-order valence-corrected chi connectivity index (χ4v) is 2.64. The van der Waals surface area contributed by atoms with Gasteiger partial charge in [0.25, 0.3) is 0 Å². The minimum Gasteiger partial charge on any atom is -0.387 e. The number of rotatable bonds is 3. The van der Waals surface area contributed by atoms with Gasteiger partial charge in [-0.2, -0.15) is 4.98 Å². The van der Waals surface area contributed by atoms with E-state index in [1.807, 2.05) is 0 Å². The van der Waals surface area contributed by atoms with E-state index in [0.29, 0.717) is 0 Å². The molecule has 118 valence electrons. The van der Waals surface area contributed by atoms with Crippen molar-refractivity contribution < 1.29 is 29.3 Å². The average molecular weight is 322 g/mol. The van der Waals surface area contributed by atoms with E-state index >= 15 is 0 Å². The topological polar surface area (TPSA) is 194 Å². The Morgan fingerprint density at radius 2 is 2.00 bits per heavy atom. The van der Waals surface area contributed by atoms with Crippen molar-refractivity contribution in [2.45, 2.75) is 30.3 Å². The molecular formula is C9H15N4O7P. The summed E-state index contributed by atoms with van der Waals surface area (Å²) in [5.74, 6) is -1.89. The second-order valence-electron chi connectivity index (χ2n) is 4.59. The number of ether oxygens (including phenoxy) is 1. The lowest BCUT2D eigenvalue weighted by atomic mass is 10.1. The highest BCUT2D eigenvalue weighted by molar-refractivity contribution is 7.52. The third kappa shape index (κ3) is 2.99. The van der Waals surface area contributed by atoms with Gasteiger partial charge >= 0.3 is 13.3 Å². The maximum Gasteiger partial charge on any atom is 0.351 e. The Labute approximate surface area is 117 Å². The fourth-order valence-electron chi connectivity index (χ4n) is 2.01. The van der Waals surface area contributed by atoms with Crippen LogP contribution in [0.2, 0.25) is 0 Å². The third-order valence-corrected chi connectivity index (χ3v) is 4.20. The first kappa shape index (κ1) is 16.0. The zero-order valence-corrected chi connectivity index (χ0v) is 11.4. The molecule has 0 aromatic carbocycles. The third-order valence-electron chi connectivity index (χ3n) is 3.13. The van der Waals surface area contributed by atoms with Gasteiger partial charge < -0.3 is 36.2 Å². The summed E-state index contributed by atoms with van der Waals surface area (Å²) in [7, 11) is -4.75. The van der Waals surface area contributed by atoms with Gasteiger partial charge in [0.05, 0.1) is 0 Å². The molecule has 0 saturated carbocycles. The first-order valence-electron chi connectivity index (χ1n) is 5.80. The molecule has 0 radical (unpaired) electrons. The number of nitrogen functional groups attached to an aromatic ring is 1. The predicted molar refractivity (Wildman–Crippen MR) is 68.9 cm³/mol. The van der Waals surface area contributed by atoms with E-state index in [1.54, 1.807) is 0 Å². The fraction of sp³-hybridized carbons (Fsp3) is 0.556. The van der Waals surface area contributed by atoms with Crippen LogP contribution in [0.1, 0.15) is 6.23 Å². The Morgan fingerprint density at radius 1 is 1.38 bits per heavy atom. The first-order chi connectivity index (χ1) is 9.62. The molecule has 1 aliphatic heterocycles. The van der Waals surface area contributed by atoms with Crippen LogP contribution in [0, 0.1) is 0 Å². The van der Waals surface area contributed by atoms with Gasteiger partial charge in [0.2, 0.25) is 0 Å². The number of hydrogen-bond acceptors (Lipinski definition) is 8. The summed E-state index contributed by atoms with van der Waals surface area (Å²) >= 11 is 0. The quantitative estimate of drug-likeness (QED) is 0.310. The highest BCUT2D eigenvalue weighted by atomic mass is 31.2. The average Bonchev–Trinajstić information content (AvgIpc) is 2.65. The van der Waals surface area contributed by atoms with Gasteiger partial charge in [0, 0.05) is 6.20 Å². The van der Waals surface area contributed by atoms with Crippen LogP contribution < -0.4 is 17.2 Å². The molecule has 2 heterocycles. The van der Waals surface area contributed by atoms with E-state index in [4.69, 9.17) is 26.0 Å². The summed E-state index contributed by atoms with van der Waals surface area (Å²) in [4.78, 5) is 33.1. The second kappa shape index (κ2) is 5.46. The van der Waals surface area contributed by atoms with Crippen LogP contribution in [-0.2, 0) is 9.30 Å². The molecule has 1 fully saturated rings. The SMILES string of the molecule is Nc1ccn([C@@H]2O[C@H]([C@H](N)P(=O)(O)O)[C@@H](O)[C@@H]2O)c(=O)n1. The lowest BCUT2D eigenvalue weighted by molar-refractivity contribution is -0.0416. The van der Waals surface area contributed by atoms with E-state index in [2.05, 4.69) is 4.98 Å². The van der Waals surface area contributed by atoms with Gasteiger partial charge in [-0.3, -0.25) is 9.13 Å². The maximum absolute atomic E-state index is 11.7. The summed E-state index contributed by atoms with van der Waals surface area (Å²) in [6.07, 6.45) is -5.05. The molecule has 0 bridgehead atoms. The van der Waals surface area contributed by atoms with E-state index < -0.39 is 43.6 Å². The monoisotopic (exact) mass is 322 g/mol. The highest BCUT2D eigenvalue weighted by Crippen LogP contribution is 2.44. The molecule has 1 aliphatic rings. The molecule has 0 spiro atoms. The van der Waals surface area contributed by atoms with Gasteiger partial charge in [-0.1, -0.05) is 0 Å². The Balaban J connectivity index is 2.32. The van der Waals surface area contributed by atoms with Crippen molar-refractivity contribution in [2.24, 2.45) is 5.73 Å². The van der Waals surface area contributed by atoms with Crippen LogP contribution in [0.4, 0.5) is 5.82 Å². The molecule has 0 unspecified atom stereocenters. The lowest BCUT2D eigenvalue weighted by Gasteiger charge is -2.22. The van der Waals surface area contributed by atoms with Gasteiger partial charge in [0.15, 0.2) is 6.23 Å². The molecule has 5 atom stereocenters. The van der Waals surface area contributed by atoms with Crippen molar-refractivity contribution in [1.29, 1.82) is 0 Å². The van der Waals surface area contributed by atoms with Gasteiger partial charge in [-0.05, 0) is 6.07 Å². The predicted octanol–water partition coefficient (Wildman–Crippen LogP) is -3.09. The Morgan fingerprint density at radius 3 is 2.52 bits per heavy atom. The maximum atomic E-state index is 11.7. The van der Waals surface area contributed by atoms with E-state index in [-0.39, 0.29) is 5.82 Å². The summed E-state index contributed by atoms with van der Waals surface area (Å²) in [6.45, 7) is 0. The largest absolute Gasteiger partial charge is 0.387 e. The number of nitrogens with zero attached hydrogens (tertiary/aromatic N) is 2. The Kier molecular flexibility index (Phi) is 4.17. The van der Waals surface area contributed by atoms with Crippen molar-refractivity contribution in [1.82, 2.24) is 9.55 Å². The molecule has 1 aromatic rings. The molecule has 8 N–H and O–H groups in total. The van der Waals surface area contributed by atoms with Crippen LogP contribution in [0.3, 0.4) is 0 Å². The minimum absolute atomic E-state index is 0.0484. The molecule has 1 aromatic heterocycles. The first-order valence-corrected chi connectivity index (χ1v) is 7.48. The van der Waals surface area contributed by atoms with Crippen LogP contribution in [-0.4, -0.2) is 53.6 Å². The van der Waals surface area contributed by atoms with Crippen molar-refractivity contribution in [3.8, 4) is 0 Å². The van der Waals surface area contributed by atoms with Gasteiger partial charge in [0.1, 0.15) is 29.9 Å². The molecule has 2 rings (SSSR count). The summed E-state index contributed by atoms with van der Waals surface area (Å²) in [6, 6.07) is 1.26. The van der Waals surface area contributed by atoms with E-state index in [0.717, 1.165) is 4.57 Å². The zero-order valence-electron chi connectivity index (χ0n) is 10.6. The van der Waals surface area contributed by atoms with Crippen LogP contribution in [0.25, 0.3) is 0 Å². The minimum atomic E-state index is -4.75. The number of aliphatic hydroxyl groups is 2. The molecule has 21 heavy (non-hydrogen) atoms. The number of hydrogen-bond donors (Lipinski definition) is 6. The van der Waals surface area contributed by atoms with Crippen LogP contribution in [0.15, 0.2) is 17.1 Å². The summed E-state index contributed by atoms with van der Waals surface area (Å²) < 4.78 is 17.1. The Hall–Kier alpha value is -1.33. The number of aromatic nitrogens is 2. The van der Waals surface area contributed by atoms with Crippen molar-refractivity contribution in [3.05, 3.63) is 22.7 Å². The summed E-state index contributed by atoms with van der Waals surface area (Å²) in [5.41, 5.74) is 9.80. The second-order valence-corrected chi connectivity index (χ2v) is 6.37. The molecule has 1 saturated heterocycles. The number of anilines is 1. The summed E-state index contributed by atoms with van der Waals surface area (Å²) in [5, 5.41) is 19.7. The smallest absolute Gasteiger partial charge is 0.351 e. The normalized spacial score (nSPS) is 31.3. The number of aliphatic hydroxyl groups excluding tert-OH is 2.